The van der Waals surface area contributed by atoms with Gasteiger partial charge in [-0.1, -0.05) is 18.2 Å². The van der Waals surface area contributed by atoms with E-state index in [2.05, 4.69) is 0 Å². The van der Waals surface area contributed by atoms with E-state index in [1.807, 2.05) is 24.3 Å². The minimum absolute atomic E-state index is 0.302. The first-order valence-electron chi connectivity index (χ1n) is 4.98. The molecule has 3 rings (SSSR count). The van der Waals surface area contributed by atoms with E-state index in [1.54, 1.807) is 0 Å². The second-order valence-electron chi connectivity index (χ2n) is 3.94. The van der Waals surface area contributed by atoms with E-state index in [-0.39, 0.29) is 5.92 Å². The molecule has 0 amide bonds. The van der Waals surface area contributed by atoms with Gasteiger partial charge in [-0.2, -0.15) is 0 Å². The number of aliphatic carboxylic acids is 1. The maximum atomic E-state index is 10.9. The van der Waals surface area contributed by atoms with Crippen molar-refractivity contribution in [3.05, 3.63) is 35.6 Å². The van der Waals surface area contributed by atoms with E-state index in [1.165, 1.54) is 0 Å². The highest BCUT2D eigenvalue weighted by molar-refractivity contribution is 5.84. The van der Waals surface area contributed by atoms with Gasteiger partial charge in [0.15, 0.2) is 0 Å². The van der Waals surface area contributed by atoms with Gasteiger partial charge in [-0.05, 0) is 12.5 Å². The van der Waals surface area contributed by atoms with Gasteiger partial charge in [-0.25, -0.2) is 0 Å². The van der Waals surface area contributed by atoms with Crippen LogP contribution >= 0.6 is 0 Å². The standard InChI is InChI=1S/C12H10O3/c13-12(14)7-5-9-8-3-1-2-4-10(8)15-11(9)6-7/h1-4,7H,5-6H2,(H,13,14). The predicted octanol–water partition coefficient (Wildman–Crippen LogP) is 2.23. The lowest BCUT2D eigenvalue weighted by Gasteiger charge is -2.00. The van der Waals surface area contributed by atoms with E-state index in [9.17, 15) is 4.79 Å². The minimum Gasteiger partial charge on any atom is -0.481 e. The lowest BCUT2D eigenvalue weighted by atomic mass is 10.1. The zero-order valence-corrected chi connectivity index (χ0v) is 8.06. The lowest BCUT2D eigenvalue weighted by Crippen LogP contribution is -2.13. The molecule has 3 heteroatoms. The van der Waals surface area contributed by atoms with Gasteiger partial charge in [-0.15, -0.1) is 0 Å². The number of para-hydroxylation sites is 1. The van der Waals surface area contributed by atoms with Gasteiger partial charge in [-0.3, -0.25) is 4.79 Å². The van der Waals surface area contributed by atoms with Crippen LogP contribution in [-0.2, 0) is 17.6 Å². The molecule has 1 atom stereocenters. The van der Waals surface area contributed by atoms with Crippen LogP contribution in [0.15, 0.2) is 28.7 Å². The molecule has 1 heterocycles. The number of furan rings is 1. The monoisotopic (exact) mass is 202 g/mol. The smallest absolute Gasteiger partial charge is 0.307 e. The number of rotatable bonds is 1. The SMILES string of the molecule is O=C(O)C1Cc2oc3ccccc3c2C1. The van der Waals surface area contributed by atoms with Crippen molar-refractivity contribution in [1.82, 2.24) is 0 Å². The van der Waals surface area contributed by atoms with Crippen LogP contribution in [0.4, 0.5) is 0 Å². The molecule has 76 valence electrons. The Balaban J connectivity index is 2.12. The molecule has 1 aromatic heterocycles. The van der Waals surface area contributed by atoms with Crippen LogP contribution in [0.1, 0.15) is 11.3 Å². The molecule has 3 nitrogen and oxygen atoms in total. The number of hydrogen-bond donors (Lipinski definition) is 1. The third kappa shape index (κ3) is 1.16. The van der Waals surface area contributed by atoms with E-state index < -0.39 is 5.97 Å². The van der Waals surface area contributed by atoms with Crippen molar-refractivity contribution in [2.45, 2.75) is 12.8 Å². The Labute approximate surface area is 86.3 Å². The molecule has 1 aliphatic rings. The molecule has 0 spiro atoms. The molecule has 0 radical (unpaired) electrons. The average molecular weight is 202 g/mol. The molecule has 0 saturated heterocycles. The first-order chi connectivity index (χ1) is 7.25. The van der Waals surface area contributed by atoms with Crippen molar-refractivity contribution in [2.75, 3.05) is 0 Å². The van der Waals surface area contributed by atoms with E-state index in [4.69, 9.17) is 9.52 Å². The molecule has 0 bridgehead atoms. The summed E-state index contributed by atoms with van der Waals surface area (Å²) in [6.07, 6.45) is 1.13. The molecular formula is C12H10O3. The quantitative estimate of drug-likeness (QED) is 0.771. The predicted molar refractivity (Wildman–Crippen MR) is 54.7 cm³/mol. The zero-order valence-electron chi connectivity index (χ0n) is 8.06. The highest BCUT2D eigenvalue weighted by Gasteiger charge is 2.31. The Hall–Kier alpha value is -1.77. The van der Waals surface area contributed by atoms with Crippen molar-refractivity contribution in [3.8, 4) is 0 Å². The van der Waals surface area contributed by atoms with Gasteiger partial charge in [0, 0.05) is 17.4 Å². The fraction of sp³-hybridized carbons (Fsp3) is 0.250. The lowest BCUT2D eigenvalue weighted by molar-refractivity contribution is -0.141. The molecular weight excluding hydrogens is 192 g/mol. The Morgan fingerprint density at radius 2 is 2.13 bits per heavy atom. The van der Waals surface area contributed by atoms with Crippen LogP contribution in [0.25, 0.3) is 11.0 Å². The summed E-state index contributed by atoms with van der Waals surface area (Å²) in [7, 11) is 0. The number of fused-ring (bicyclic) bond motifs is 3. The Kier molecular flexibility index (Phi) is 1.63. The van der Waals surface area contributed by atoms with Gasteiger partial charge >= 0.3 is 5.97 Å². The maximum absolute atomic E-state index is 10.9. The third-order valence-corrected chi connectivity index (χ3v) is 3.01. The summed E-state index contributed by atoms with van der Waals surface area (Å²) in [6, 6.07) is 7.78. The average Bonchev–Trinajstić information content (AvgIpc) is 2.73. The van der Waals surface area contributed by atoms with Crippen LogP contribution in [0.5, 0.6) is 0 Å². The first kappa shape index (κ1) is 8.53. The summed E-state index contributed by atoms with van der Waals surface area (Å²) in [6.45, 7) is 0. The fourth-order valence-corrected chi connectivity index (χ4v) is 2.26. The van der Waals surface area contributed by atoms with E-state index >= 15 is 0 Å². The van der Waals surface area contributed by atoms with Crippen LogP contribution in [0, 0.1) is 5.92 Å². The number of carbonyl (C=O) groups is 1. The Bertz CT molecular complexity index is 539. The van der Waals surface area contributed by atoms with Crippen LogP contribution in [-0.4, -0.2) is 11.1 Å². The molecule has 1 unspecified atom stereocenters. The van der Waals surface area contributed by atoms with Crippen molar-refractivity contribution >= 4 is 16.9 Å². The molecule has 1 aliphatic carbocycles. The zero-order chi connectivity index (χ0) is 10.4. The molecule has 2 aromatic rings. The van der Waals surface area contributed by atoms with Crippen LogP contribution in [0.2, 0.25) is 0 Å². The number of carboxylic acids is 1. The number of carboxylic acid groups (broad SMARTS) is 1. The summed E-state index contributed by atoms with van der Waals surface area (Å²) in [4.78, 5) is 10.9. The normalized spacial score (nSPS) is 19.3. The molecule has 15 heavy (non-hydrogen) atoms. The third-order valence-electron chi connectivity index (χ3n) is 3.01. The molecule has 0 saturated carbocycles. The summed E-state index contributed by atoms with van der Waals surface area (Å²) in [5.74, 6) is -0.183. The second-order valence-corrected chi connectivity index (χ2v) is 3.94. The van der Waals surface area contributed by atoms with Crippen LogP contribution in [0.3, 0.4) is 0 Å². The molecule has 0 fully saturated rings. The first-order valence-corrected chi connectivity index (χ1v) is 4.98. The number of hydrogen-bond acceptors (Lipinski definition) is 2. The van der Waals surface area contributed by atoms with E-state index in [0.717, 1.165) is 22.3 Å². The van der Waals surface area contributed by atoms with Crippen LogP contribution < -0.4 is 0 Å². The Morgan fingerprint density at radius 3 is 2.93 bits per heavy atom. The van der Waals surface area contributed by atoms with Gasteiger partial charge in [0.25, 0.3) is 0 Å². The van der Waals surface area contributed by atoms with Gasteiger partial charge in [0.05, 0.1) is 5.92 Å². The number of benzene rings is 1. The Morgan fingerprint density at radius 1 is 1.33 bits per heavy atom. The largest absolute Gasteiger partial charge is 0.481 e. The molecule has 1 aromatic carbocycles. The van der Waals surface area contributed by atoms with Crippen molar-refractivity contribution in [2.24, 2.45) is 5.92 Å². The fourth-order valence-electron chi connectivity index (χ4n) is 2.26. The van der Waals surface area contributed by atoms with Crippen molar-refractivity contribution < 1.29 is 14.3 Å². The van der Waals surface area contributed by atoms with E-state index in [0.29, 0.717) is 12.8 Å². The summed E-state index contributed by atoms with van der Waals surface area (Å²) in [5.41, 5.74) is 1.95. The maximum Gasteiger partial charge on any atom is 0.307 e. The van der Waals surface area contributed by atoms with Crippen molar-refractivity contribution in [1.29, 1.82) is 0 Å². The van der Waals surface area contributed by atoms with Gasteiger partial charge in [0.2, 0.25) is 0 Å². The molecule has 0 aliphatic heterocycles. The summed E-state index contributed by atoms with van der Waals surface area (Å²) in [5, 5.41) is 10.0. The van der Waals surface area contributed by atoms with Gasteiger partial charge in [0.1, 0.15) is 11.3 Å². The molecule has 1 N–H and O–H groups in total. The van der Waals surface area contributed by atoms with Gasteiger partial charge < -0.3 is 9.52 Å². The second kappa shape index (κ2) is 2.86. The minimum atomic E-state index is -0.731. The highest BCUT2D eigenvalue weighted by atomic mass is 16.4. The van der Waals surface area contributed by atoms with Crippen molar-refractivity contribution in [3.63, 3.8) is 0 Å². The summed E-state index contributed by atoms with van der Waals surface area (Å²) >= 11 is 0. The highest BCUT2D eigenvalue weighted by Crippen LogP contribution is 2.35. The summed E-state index contributed by atoms with van der Waals surface area (Å²) < 4.78 is 5.63. The topological polar surface area (TPSA) is 50.4 Å².